The third-order valence-electron chi connectivity index (χ3n) is 3.91. The first-order valence-corrected chi connectivity index (χ1v) is 9.16. The summed E-state index contributed by atoms with van der Waals surface area (Å²) in [5, 5.41) is 0.0182. The van der Waals surface area contributed by atoms with Crippen LogP contribution in [0, 0.1) is 6.92 Å². The van der Waals surface area contributed by atoms with Crippen LogP contribution in [0.25, 0.3) is 0 Å². The minimum Gasteiger partial charge on any atom is -0.459 e. The van der Waals surface area contributed by atoms with E-state index >= 15 is 0 Å². The Kier molecular flexibility index (Phi) is 6.60. The van der Waals surface area contributed by atoms with Crippen molar-refractivity contribution in [2.75, 3.05) is 5.75 Å². The van der Waals surface area contributed by atoms with Gasteiger partial charge < -0.3 is 9.47 Å². The summed E-state index contributed by atoms with van der Waals surface area (Å²) < 4.78 is 12.6. The topological polar surface area (TPSA) is 107 Å². The van der Waals surface area contributed by atoms with E-state index in [9.17, 15) is 19.2 Å². The molecule has 0 bridgehead atoms. The number of nitrogens with one attached hydrogen (secondary N) is 1. The van der Waals surface area contributed by atoms with Gasteiger partial charge in [0.1, 0.15) is 18.4 Å². The highest BCUT2D eigenvalue weighted by molar-refractivity contribution is 8.13. The van der Waals surface area contributed by atoms with Gasteiger partial charge in [-0.15, -0.1) is 0 Å². The molecule has 8 nitrogen and oxygen atoms in total. The molecule has 1 aliphatic heterocycles. The largest absolute Gasteiger partial charge is 0.459 e. The minimum absolute atomic E-state index is 0.0182. The molecule has 9 heteroatoms. The molecule has 1 aromatic rings. The molecule has 0 aromatic carbocycles. The van der Waals surface area contributed by atoms with Crippen LogP contribution < -0.4 is 11.2 Å². The standard InChI is InChI=1S/C16H22N2O6S/c1-4-13(19)24-10-6-12(23-11(10)8-25-14(20)5-2)18-7-9(3)15(21)17-16(18)22/h7,10-12H,4-6,8H2,1-3H3,(H,17,21,22)/t10-,11+,12+/m0/s1. The second-order valence-corrected chi connectivity index (χ2v) is 6.84. The summed E-state index contributed by atoms with van der Waals surface area (Å²) in [7, 11) is 0. The summed E-state index contributed by atoms with van der Waals surface area (Å²) in [6, 6.07) is 0. The SMILES string of the molecule is CCC(=O)O[C@H]1C[C@H](n2cc(C)c(=O)[nH]c2=O)O[C@@H]1CSC(=O)CC. The molecule has 3 atom stereocenters. The number of aromatic nitrogens is 2. The molecule has 2 rings (SSSR count). The van der Waals surface area contributed by atoms with Crippen LogP contribution in [-0.4, -0.2) is 38.6 Å². The molecule has 2 heterocycles. The van der Waals surface area contributed by atoms with Crippen LogP contribution in [0.4, 0.5) is 0 Å². The van der Waals surface area contributed by atoms with Crippen molar-refractivity contribution in [1.82, 2.24) is 9.55 Å². The van der Waals surface area contributed by atoms with E-state index in [1.165, 1.54) is 10.8 Å². The number of carbonyl (C=O) groups is 2. The molecule has 0 spiro atoms. The van der Waals surface area contributed by atoms with Crippen LogP contribution >= 0.6 is 11.8 Å². The molecule has 0 amide bonds. The predicted molar refractivity (Wildman–Crippen MR) is 92.5 cm³/mol. The first-order chi connectivity index (χ1) is 11.8. The number of hydrogen-bond acceptors (Lipinski definition) is 7. The van der Waals surface area contributed by atoms with E-state index in [1.807, 2.05) is 0 Å². The molecule has 0 saturated carbocycles. The smallest absolute Gasteiger partial charge is 0.330 e. The molecule has 25 heavy (non-hydrogen) atoms. The fraction of sp³-hybridized carbons (Fsp3) is 0.625. The summed E-state index contributed by atoms with van der Waals surface area (Å²) in [6.45, 7) is 5.05. The Morgan fingerprint density at radius 3 is 2.72 bits per heavy atom. The number of H-pyrrole nitrogens is 1. The number of carbonyl (C=O) groups excluding carboxylic acids is 2. The maximum Gasteiger partial charge on any atom is 0.330 e. The van der Waals surface area contributed by atoms with Crippen LogP contribution in [-0.2, 0) is 19.1 Å². The number of nitrogens with zero attached hydrogens (tertiary/aromatic N) is 1. The number of hydrogen-bond donors (Lipinski definition) is 1. The summed E-state index contributed by atoms with van der Waals surface area (Å²) in [5.41, 5.74) is -0.655. The Morgan fingerprint density at radius 1 is 1.36 bits per heavy atom. The van der Waals surface area contributed by atoms with Crippen LogP contribution in [0.2, 0.25) is 0 Å². The average Bonchev–Trinajstić information content (AvgIpc) is 2.98. The monoisotopic (exact) mass is 370 g/mol. The van der Waals surface area contributed by atoms with E-state index in [0.29, 0.717) is 17.7 Å². The molecule has 1 saturated heterocycles. The predicted octanol–water partition coefficient (Wildman–Crippen LogP) is 1.12. The number of rotatable bonds is 6. The van der Waals surface area contributed by atoms with Crippen molar-refractivity contribution in [2.24, 2.45) is 0 Å². The Balaban J connectivity index is 2.20. The van der Waals surface area contributed by atoms with Crippen LogP contribution in [0.1, 0.15) is 44.9 Å². The molecule has 1 fully saturated rings. The van der Waals surface area contributed by atoms with Crippen LogP contribution in [0.3, 0.4) is 0 Å². The Morgan fingerprint density at radius 2 is 2.08 bits per heavy atom. The van der Waals surface area contributed by atoms with Crippen LogP contribution in [0.5, 0.6) is 0 Å². The summed E-state index contributed by atoms with van der Waals surface area (Å²) in [6.07, 6.45) is 0.625. The second kappa shape index (κ2) is 8.48. The molecule has 0 radical (unpaired) electrons. The number of ether oxygens (including phenoxy) is 2. The van der Waals surface area contributed by atoms with Crippen molar-refractivity contribution in [2.45, 2.75) is 58.5 Å². The fourth-order valence-electron chi connectivity index (χ4n) is 2.47. The zero-order valence-electron chi connectivity index (χ0n) is 14.4. The van der Waals surface area contributed by atoms with Crippen molar-refractivity contribution in [3.05, 3.63) is 32.6 Å². The van der Waals surface area contributed by atoms with Gasteiger partial charge >= 0.3 is 11.7 Å². The lowest BCUT2D eigenvalue weighted by atomic mass is 10.2. The van der Waals surface area contributed by atoms with E-state index in [2.05, 4.69) is 4.98 Å². The van der Waals surface area contributed by atoms with E-state index in [4.69, 9.17) is 9.47 Å². The van der Waals surface area contributed by atoms with Gasteiger partial charge in [-0.1, -0.05) is 25.6 Å². The number of aryl methyl sites for hydroxylation is 1. The molecular formula is C16H22N2O6S. The first-order valence-electron chi connectivity index (χ1n) is 8.18. The Labute approximate surface area is 148 Å². The van der Waals surface area contributed by atoms with Crippen molar-refractivity contribution < 1.29 is 19.1 Å². The van der Waals surface area contributed by atoms with Crippen LogP contribution in [0.15, 0.2) is 15.8 Å². The van der Waals surface area contributed by atoms with Gasteiger partial charge in [-0.25, -0.2) is 4.79 Å². The average molecular weight is 370 g/mol. The summed E-state index contributed by atoms with van der Waals surface area (Å²) >= 11 is 1.12. The van der Waals surface area contributed by atoms with Crippen molar-refractivity contribution >= 4 is 22.8 Å². The fourth-order valence-corrected chi connectivity index (χ4v) is 3.32. The number of thioether (sulfide) groups is 1. The number of aromatic amines is 1. The van der Waals surface area contributed by atoms with Gasteiger partial charge in [0.2, 0.25) is 0 Å². The second-order valence-electron chi connectivity index (χ2n) is 5.76. The molecule has 1 aliphatic rings. The molecule has 0 unspecified atom stereocenters. The maximum absolute atomic E-state index is 12.0. The van der Waals surface area contributed by atoms with Gasteiger partial charge in [0.25, 0.3) is 5.56 Å². The van der Waals surface area contributed by atoms with E-state index in [1.54, 1.807) is 20.8 Å². The molecule has 0 aliphatic carbocycles. The molecular weight excluding hydrogens is 348 g/mol. The summed E-state index contributed by atoms with van der Waals surface area (Å²) in [4.78, 5) is 49.0. The first kappa shape index (κ1) is 19.5. The van der Waals surface area contributed by atoms with Crippen molar-refractivity contribution in [3.63, 3.8) is 0 Å². The molecule has 1 N–H and O–H groups in total. The van der Waals surface area contributed by atoms with Gasteiger partial charge in [0, 0.05) is 36.8 Å². The van der Waals surface area contributed by atoms with Gasteiger partial charge in [0.15, 0.2) is 5.12 Å². The Bertz CT molecular complexity index is 756. The van der Waals surface area contributed by atoms with Gasteiger partial charge in [-0.05, 0) is 6.92 Å². The third-order valence-corrected chi connectivity index (χ3v) is 5.01. The van der Waals surface area contributed by atoms with Gasteiger partial charge in [-0.3, -0.25) is 23.9 Å². The number of esters is 1. The minimum atomic E-state index is -0.667. The molecule has 138 valence electrons. The highest BCUT2D eigenvalue weighted by atomic mass is 32.2. The van der Waals surface area contributed by atoms with Crippen molar-refractivity contribution in [3.8, 4) is 0 Å². The van der Waals surface area contributed by atoms with E-state index in [-0.39, 0.29) is 23.9 Å². The maximum atomic E-state index is 12.0. The quantitative estimate of drug-likeness (QED) is 0.748. The van der Waals surface area contributed by atoms with E-state index in [0.717, 1.165) is 11.8 Å². The lowest BCUT2D eigenvalue weighted by Crippen LogP contribution is -2.33. The Hall–Kier alpha value is -1.87. The zero-order valence-corrected chi connectivity index (χ0v) is 15.3. The third kappa shape index (κ3) is 4.82. The lowest BCUT2D eigenvalue weighted by Gasteiger charge is -2.18. The summed E-state index contributed by atoms with van der Waals surface area (Å²) in [5.74, 6) is -0.0295. The highest BCUT2D eigenvalue weighted by Gasteiger charge is 2.39. The lowest BCUT2D eigenvalue weighted by molar-refractivity contribution is -0.150. The normalized spacial score (nSPS) is 22.8. The van der Waals surface area contributed by atoms with Gasteiger partial charge in [0.05, 0.1) is 0 Å². The zero-order chi connectivity index (χ0) is 18.6. The van der Waals surface area contributed by atoms with Crippen molar-refractivity contribution in [1.29, 1.82) is 0 Å². The molecule has 1 aromatic heterocycles. The highest BCUT2D eigenvalue weighted by Crippen LogP contribution is 2.32. The van der Waals surface area contributed by atoms with Gasteiger partial charge in [-0.2, -0.15) is 0 Å². The van der Waals surface area contributed by atoms with E-state index < -0.39 is 29.7 Å².